The quantitative estimate of drug-likeness (QED) is 0.311. The number of hydrazine groups is 1. The SMILES string of the molecule is NC1CCC(Nc2nc(NN3CCC(Cc4ccccc4OC(F)(F)F)CC3)c3ncn(C4CCCC4)c3n2)CC1. The van der Waals surface area contributed by atoms with E-state index in [0.717, 1.165) is 75.6 Å². The van der Waals surface area contributed by atoms with Gasteiger partial charge in [-0.25, -0.2) is 9.99 Å². The van der Waals surface area contributed by atoms with E-state index in [-0.39, 0.29) is 17.7 Å². The van der Waals surface area contributed by atoms with Gasteiger partial charge in [-0.15, -0.1) is 13.2 Å². The van der Waals surface area contributed by atoms with Crippen molar-refractivity contribution < 1.29 is 17.9 Å². The van der Waals surface area contributed by atoms with Crippen LogP contribution in [0.15, 0.2) is 30.6 Å². The van der Waals surface area contributed by atoms with E-state index in [4.69, 9.17) is 20.7 Å². The van der Waals surface area contributed by atoms with Crippen LogP contribution in [-0.4, -0.2) is 56.1 Å². The first-order valence-electron chi connectivity index (χ1n) is 14.9. The van der Waals surface area contributed by atoms with Gasteiger partial charge in [0.05, 0.1) is 6.33 Å². The first kappa shape index (κ1) is 28.0. The lowest BCUT2D eigenvalue weighted by Crippen LogP contribution is -2.39. The Morgan fingerprint density at radius 1 is 0.951 bits per heavy atom. The van der Waals surface area contributed by atoms with E-state index in [9.17, 15) is 13.2 Å². The van der Waals surface area contributed by atoms with Gasteiger partial charge in [0, 0.05) is 31.2 Å². The molecule has 1 saturated heterocycles. The van der Waals surface area contributed by atoms with Gasteiger partial charge < -0.3 is 25.8 Å². The lowest BCUT2D eigenvalue weighted by molar-refractivity contribution is -0.274. The van der Waals surface area contributed by atoms with Crippen molar-refractivity contribution in [1.29, 1.82) is 0 Å². The zero-order valence-corrected chi connectivity index (χ0v) is 23.2. The highest BCUT2D eigenvalue weighted by Crippen LogP contribution is 2.34. The van der Waals surface area contributed by atoms with Gasteiger partial charge in [0.15, 0.2) is 17.0 Å². The number of anilines is 2. The average Bonchev–Trinajstić information content (AvgIpc) is 3.62. The Hall–Kier alpha value is -3.12. The van der Waals surface area contributed by atoms with Crippen molar-refractivity contribution in [1.82, 2.24) is 24.5 Å². The third-order valence-electron chi connectivity index (χ3n) is 8.83. The summed E-state index contributed by atoms with van der Waals surface area (Å²) in [6.45, 7) is 1.48. The molecule has 6 rings (SSSR count). The number of hydrogen-bond donors (Lipinski definition) is 3. The van der Waals surface area contributed by atoms with Gasteiger partial charge >= 0.3 is 6.36 Å². The van der Waals surface area contributed by atoms with Gasteiger partial charge in [0.1, 0.15) is 5.75 Å². The summed E-state index contributed by atoms with van der Waals surface area (Å²) in [5, 5.41) is 5.70. The van der Waals surface area contributed by atoms with Crippen LogP contribution in [0.4, 0.5) is 24.9 Å². The molecule has 3 aromatic rings. The summed E-state index contributed by atoms with van der Waals surface area (Å²) in [4.78, 5) is 14.5. The smallest absolute Gasteiger partial charge is 0.406 e. The third-order valence-corrected chi connectivity index (χ3v) is 8.83. The summed E-state index contributed by atoms with van der Waals surface area (Å²) in [7, 11) is 0. The number of halogens is 3. The molecule has 2 aliphatic carbocycles. The first-order chi connectivity index (χ1) is 19.8. The maximum absolute atomic E-state index is 12.9. The molecule has 1 aliphatic heterocycles. The molecule has 0 atom stereocenters. The predicted molar refractivity (Wildman–Crippen MR) is 151 cm³/mol. The lowest BCUT2D eigenvalue weighted by atomic mass is 9.90. The highest BCUT2D eigenvalue weighted by atomic mass is 19.4. The molecule has 0 amide bonds. The van der Waals surface area contributed by atoms with E-state index in [1.54, 1.807) is 18.2 Å². The minimum absolute atomic E-state index is 0.109. The highest BCUT2D eigenvalue weighted by Gasteiger charge is 2.32. The molecule has 12 heteroatoms. The van der Waals surface area contributed by atoms with Crippen LogP contribution in [0.2, 0.25) is 0 Å². The van der Waals surface area contributed by atoms with Gasteiger partial charge in [-0.1, -0.05) is 31.0 Å². The molecule has 0 unspecified atom stereocenters. The minimum Gasteiger partial charge on any atom is -0.406 e. The monoisotopic (exact) mass is 572 g/mol. The largest absolute Gasteiger partial charge is 0.573 e. The molecule has 3 heterocycles. The van der Waals surface area contributed by atoms with Crippen molar-refractivity contribution in [3.63, 3.8) is 0 Å². The Morgan fingerprint density at radius 3 is 2.41 bits per heavy atom. The molecule has 0 radical (unpaired) electrons. The predicted octanol–water partition coefficient (Wildman–Crippen LogP) is 5.80. The number of aromatic nitrogens is 4. The fourth-order valence-electron chi connectivity index (χ4n) is 6.56. The molecule has 3 aliphatic rings. The number of nitrogens with one attached hydrogen (secondary N) is 2. The maximum Gasteiger partial charge on any atom is 0.573 e. The Kier molecular flexibility index (Phi) is 8.21. The van der Waals surface area contributed by atoms with Crippen LogP contribution in [0, 0.1) is 5.92 Å². The number of piperidine rings is 1. The second-order valence-electron chi connectivity index (χ2n) is 11.8. The van der Waals surface area contributed by atoms with Gasteiger partial charge in [-0.3, -0.25) is 0 Å². The topological polar surface area (TPSA) is 106 Å². The van der Waals surface area contributed by atoms with Gasteiger partial charge in [-0.05, 0) is 75.3 Å². The molecular formula is C29H39F3N8O. The third kappa shape index (κ3) is 6.86. The van der Waals surface area contributed by atoms with Crippen molar-refractivity contribution in [2.75, 3.05) is 23.8 Å². The molecule has 41 heavy (non-hydrogen) atoms. The van der Waals surface area contributed by atoms with Gasteiger partial charge in [0.2, 0.25) is 5.95 Å². The van der Waals surface area contributed by atoms with Crippen molar-refractivity contribution >= 4 is 22.9 Å². The number of fused-ring (bicyclic) bond motifs is 1. The summed E-state index contributed by atoms with van der Waals surface area (Å²) in [6, 6.07) is 7.40. The molecule has 0 bridgehead atoms. The Morgan fingerprint density at radius 2 is 1.68 bits per heavy atom. The van der Waals surface area contributed by atoms with Crippen molar-refractivity contribution in [2.24, 2.45) is 11.7 Å². The molecule has 1 aromatic carbocycles. The van der Waals surface area contributed by atoms with Crippen LogP contribution in [0.25, 0.3) is 11.2 Å². The normalized spacial score (nSPS) is 23.2. The van der Waals surface area contributed by atoms with Crippen LogP contribution in [0.3, 0.4) is 0 Å². The second kappa shape index (κ2) is 12.0. The van der Waals surface area contributed by atoms with Crippen LogP contribution in [0.5, 0.6) is 5.75 Å². The van der Waals surface area contributed by atoms with Crippen molar-refractivity contribution in [3.8, 4) is 5.75 Å². The average molecular weight is 573 g/mol. The van der Waals surface area contributed by atoms with E-state index in [1.807, 2.05) is 6.33 Å². The van der Waals surface area contributed by atoms with E-state index in [2.05, 4.69) is 25.1 Å². The lowest BCUT2D eigenvalue weighted by Gasteiger charge is -2.33. The van der Waals surface area contributed by atoms with Crippen molar-refractivity contribution in [2.45, 2.75) is 95.1 Å². The van der Waals surface area contributed by atoms with E-state index in [0.29, 0.717) is 35.8 Å². The Bertz CT molecular complexity index is 1310. The highest BCUT2D eigenvalue weighted by molar-refractivity contribution is 5.84. The number of rotatable bonds is 8. The number of imidazole rings is 1. The fraction of sp³-hybridized carbons (Fsp3) is 0.621. The molecule has 222 valence electrons. The maximum atomic E-state index is 12.9. The number of benzene rings is 1. The zero-order chi connectivity index (χ0) is 28.4. The van der Waals surface area contributed by atoms with Crippen LogP contribution in [0.1, 0.15) is 75.8 Å². The molecule has 0 spiro atoms. The summed E-state index contributed by atoms with van der Waals surface area (Å²) in [5.74, 6) is 1.44. The molecule has 3 fully saturated rings. The number of ether oxygens (including phenoxy) is 1. The Labute approximate surface area is 238 Å². The molecule has 9 nitrogen and oxygen atoms in total. The number of alkyl halides is 3. The summed E-state index contributed by atoms with van der Waals surface area (Å²) < 4.78 is 45.1. The van der Waals surface area contributed by atoms with E-state index in [1.165, 1.54) is 18.9 Å². The van der Waals surface area contributed by atoms with Gasteiger partial charge in [-0.2, -0.15) is 9.97 Å². The summed E-state index contributed by atoms with van der Waals surface area (Å²) in [5.41, 5.74) is 11.8. The number of hydrogen-bond acceptors (Lipinski definition) is 8. The second-order valence-corrected chi connectivity index (χ2v) is 11.8. The fourth-order valence-corrected chi connectivity index (χ4v) is 6.56. The van der Waals surface area contributed by atoms with Crippen LogP contribution >= 0.6 is 0 Å². The molecule has 2 saturated carbocycles. The number of para-hydroxylation sites is 1. The van der Waals surface area contributed by atoms with Crippen LogP contribution in [-0.2, 0) is 6.42 Å². The van der Waals surface area contributed by atoms with Crippen LogP contribution < -0.4 is 21.2 Å². The van der Waals surface area contributed by atoms with Crippen molar-refractivity contribution in [3.05, 3.63) is 36.2 Å². The molecule has 4 N–H and O–H groups in total. The Balaban J connectivity index is 1.15. The van der Waals surface area contributed by atoms with Gasteiger partial charge in [0.25, 0.3) is 0 Å². The summed E-state index contributed by atoms with van der Waals surface area (Å²) >= 11 is 0. The summed E-state index contributed by atoms with van der Waals surface area (Å²) in [6.07, 6.45) is 8.10. The minimum atomic E-state index is -4.70. The zero-order valence-electron chi connectivity index (χ0n) is 23.2. The number of nitrogens with two attached hydrogens (primary N) is 1. The molecule has 2 aromatic heterocycles. The first-order valence-corrected chi connectivity index (χ1v) is 14.9. The molecular weight excluding hydrogens is 533 g/mol. The standard InChI is InChI=1S/C29H39F3N8O/c30-29(31,32)41-24-8-4-1-5-20(24)17-19-13-15-39(16-14-19)38-26-25-27(40(18-34-25)23-6-2-3-7-23)37-28(36-26)35-22-11-9-21(33)10-12-22/h1,4-5,8,18-19,21-23H,2-3,6-7,9-17,33H2,(H2,35,36,37,38). The van der Waals surface area contributed by atoms with E-state index >= 15 is 0 Å². The number of nitrogens with zero attached hydrogens (tertiary/aromatic N) is 5. The van der Waals surface area contributed by atoms with E-state index < -0.39 is 6.36 Å².